The van der Waals surface area contributed by atoms with Crippen LogP contribution < -0.4 is 4.72 Å². The Balaban J connectivity index is 2.03. The zero-order valence-corrected chi connectivity index (χ0v) is 14.4. The van der Waals surface area contributed by atoms with Gasteiger partial charge in [-0.1, -0.05) is 60.7 Å². The highest BCUT2D eigenvalue weighted by atomic mass is 32.2. The van der Waals surface area contributed by atoms with Crippen LogP contribution in [0.25, 0.3) is 0 Å². The van der Waals surface area contributed by atoms with Gasteiger partial charge in [0.05, 0.1) is 11.7 Å². The Morgan fingerprint density at radius 3 is 1.88 bits per heavy atom. The third-order valence-electron chi connectivity index (χ3n) is 3.80. The highest BCUT2D eigenvalue weighted by Gasteiger charge is 2.25. The highest BCUT2D eigenvalue weighted by Crippen LogP contribution is 2.25. The summed E-state index contributed by atoms with van der Waals surface area (Å²) in [4.78, 5) is 0.196. The summed E-state index contributed by atoms with van der Waals surface area (Å²) in [5, 5.41) is 4.13. The number of nitrogens with one attached hydrogen (secondary N) is 1. The SMILES string of the molecule is Cc1nn(C)cc1S(=O)(=O)NC(c1ccccc1)c1ccccc1. The second-order valence-corrected chi connectivity index (χ2v) is 7.31. The van der Waals surface area contributed by atoms with E-state index >= 15 is 0 Å². The summed E-state index contributed by atoms with van der Waals surface area (Å²) < 4.78 is 30.0. The van der Waals surface area contributed by atoms with E-state index in [1.54, 1.807) is 14.0 Å². The molecule has 0 radical (unpaired) electrons. The third kappa shape index (κ3) is 3.39. The van der Waals surface area contributed by atoms with Crippen LogP contribution in [0.2, 0.25) is 0 Å². The van der Waals surface area contributed by atoms with Gasteiger partial charge in [-0.25, -0.2) is 8.42 Å². The molecule has 124 valence electrons. The molecule has 1 N–H and O–H groups in total. The lowest BCUT2D eigenvalue weighted by molar-refractivity contribution is 0.571. The lowest BCUT2D eigenvalue weighted by Crippen LogP contribution is -2.29. The summed E-state index contributed by atoms with van der Waals surface area (Å²) in [6, 6.07) is 18.6. The highest BCUT2D eigenvalue weighted by molar-refractivity contribution is 7.89. The van der Waals surface area contributed by atoms with Gasteiger partial charge in [-0.15, -0.1) is 0 Å². The molecule has 3 rings (SSSR count). The number of aromatic nitrogens is 2. The van der Waals surface area contributed by atoms with Gasteiger partial charge in [0.1, 0.15) is 4.90 Å². The molecule has 0 aliphatic carbocycles. The van der Waals surface area contributed by atoms with Crippen molar-refractivity contribution in [1.82, 2.24) is 14.5 Å². The molecule has 0 aliphatic rings. The largest absolute Gasteiger partial charge is 0.274 e. The summed E-state index contributed by atoms with van der Waals surface area (Å²) in [6.45, 7) is 1.69. The van der Waals surface area contributed by atoms with Crippen molar-refractivity contribution in [2.45, 2.75) is 17.9 Å². The molecule has 24 heavy (non-hydrogen) atoms. The van der Waals surface area contributed by atoms with E-state index in [4.69, 9.17) is 0 Å². The molecule has 6 heteroatoms. The third-order valence-corrected chi connectivity index (χ3v) is 5.32. The van der Waals surface area contributed by atoms with Crippen molar-refractivity contribution in [2.75, 3.05) is 0 Å². The predicted molar refractivity (Wildman–Crippen MR) is 93.0 cm³/mol. The average Bonchev–Trinajstić information content (AvgIpc) is 2.94. The first-order chi connectivity index (χ1) is 11.5. The van der Waals surface area contributed by atoms with Gasteiger partial charge in [-0.3, -0.25) is 4.68 Å². The molecule has 5 nitrogen and oxygen atoms in total. The van der Waals surface area contributed by atoms with Gasteiger partial charge >= 0.3 is 0 Å². The van der Waals surface area contributed by atoms with Crippen LogP contribution in [0.15, 0.2) is 71.8 Å². The molecule has 3 aromatic rings. The summed E-state index contributed by atoms with van der Waals surface area (Å²) in [7, 11) is -1.99. The van der Waals surface area contributed by atoms with Crippen molar-refractivity contribution in [3.05, 3.63) is 83.7 Å². The van der Waals surface area contributed by atoms with Crippen molar-refractivity contribution in [2.24, 2.45) is 7.05 Å². The summed E-state index contributed by atoms with van der Waals surface area (Å²) in [6.07, 6.45) is 1.52. The molecule has 0 unspecified atom stereocenters. The van der Waals surface area contributed by atoms with Crippen molar-refractivity contribution in [1.29, 1.82) is 0 Å². The molecule has 0 atom stereocenters. The van der Waals surface area contributed by atoms with Crippen LogP contribution in [0.1, 0.15) is 22.9 Å². The number of benzene rings is 2. The molecule has 0 saturated carbocycles. The van der Waals surface area contributed by atoms with E-state index in [0.717, 1.165) is 11.1 Å². The first-order valence-corrected chi connectivity index (χ1v) is 9.08. The lowest BCUT2D eigenvalue weighted by atomic mass is 10.00. The average molecular weight is 341 g/mol. The molecule has 2 aromatic carbocycles. The molecule has 0 saturated heterocycles. The summed E-state index contributed by atoms with van der Waals surface area (Å²) >= 11 is 0. The van der Waals surface area contributed by atoms with Crippen LogP contribution in [-0.2, 0) is 17.1 Å². The van der Waals surface area contributed by atoms with Gasteiger partial charge in [0.2, 0.25) is 10.0 Å². The van der Waals surface area contributed by atoms with E-state index in [2.05, 4.69) is 9.82 Å². The second kappa shape index (κ2) is 6.59. The Morgan fingerprint density at radius 2 is 1.46 bits per heavy atom. The predicted octanol–water partition coefficient (Wildman–Crippen LogP) is 2.80. The van der Waals surface area contributed by atoms with Gasteiger partial charge in [-0.05, 0) is 18.1 Å². The molecular formula is C18H19N3O2S. The van der Waals surface area contributed by atoms with Crippen molar-refractivity contribution in [3.8, 4) is 0 Å². The summed E-state index contributed by atoms with van der Waals surface area (Å²) in [5.74, 6) is 0. The Kier molecular flexibility index (Phi) is 4.51. The van der Waals surface area contributed by atoms with Crippen LogP contribution in [0.4, 0.5) is 0 Å². The zero-order chi connectivity index (χ0) is 17.2. The number of sulfonamides is 1. The molecule has 0 fully saturated rings. The number of hydrogen-bond acceptors (Lipinski definition) is 3. The molecule has 0 aliphatic heterocycles. The lowest BCUT2D eigenvalue weighted by Gasteiger charge is -2.19. The summed E-state index contributed by atoms with van der Waals surface area (Å²) in [5.41, 5.74) is 2.24. The Morgan fingerprint density at radius 1 is 0.958 bits per heavy atom. The fourth-order valence-electron chi connectivity index (χ4n) is 2.68. The maximum atomic E-state index is 12.9. The van der Waals surface area contributed by atoms with Gasteiger partial charge in [0.25, 0.3) is 0 Å². The van der Waals surface area contributed by atoms with Gasteiger partial charge in [0.15, 0.2) is 0 Å². The molecule has 0 amide bonds. The monoisotopic (exact) mass is 341 g/mol. The fourth-order valence-corrected chi connectivity index (χ4v) is 4.11. The molecule has 1 heterocycles. The molecule has 1 aromatic heterocycles. The van der Waals surface area contributed by atoms with Gasteiger partial charge < -0.3 is 0 Å². The zero-order valence-electron chi connectivity index (χ0n) is 13.5. The van der Waals surface area contributed by atoms with E-state index in [0.29, 0.717) is 5.69 Å². The second-order valence-electron chi connectivity index (χ2n) is 5.63. The standard InChI is InChI=1S/C18H19N3O2S/c1-14-17(13-21(2)19-14)24(22,23)20-18(15-9-5-3-6-10-15)16-11-7-4-8-12-16/h3-13,18,20H,1-2H3. The van der Waals surface area contributed by atoms with Crippen LogP contribution in [0, 0.1) is 6.92 Å². The minimum atomic E-state index is -3.70. The van der Waals surface area contributed by atoms with E-state index in [1.165, 1.54) is 10.9 Å². The Labute approximate surface area is 142 Å². The Bertz CT molecular complexity index is 880. The quantitative estimate of drug-likeness (QED) is 0.776. The van der Waals surface area contributed by atoms with Crippen LogP contribution in [0.5, 0.6) is 0 Å². The molecule has 0 bridgehead atoms. The minimum absolute atomic E-state index is 0.196. The number of nitrogens with zero attached hydrogens (tertiary/aromatic N) is 2. The number of hydrogen-bond donors (Lipinski definition) is 1. The smallest absolute Gasteiger partial charge is 0.244 e. The van der Waals surface area contributed by atoms with E-state index in [-0.39, 0.29) is 4.90 Å². The topological polar surface area (TPSA) is 64.0 Å². The van der Waals surface area contributed by atoms with E-state index in [9.17, 15) is 8.42 Å². The van der Waals surface area contributed by atoms with Crippen molar-refractivity contribution >= 4 is 10.0 Å². The first kappa shape index (κ1) is 16.4. The van der Waals surface area contributed by atoms with Crippen molar-refractivity contribution in [3.63, 3.8) is 0 Å². The first-order valence-electron chi connectivity index (χ1n) is 7.60. The molecule has 0 spiro atoms. The van der Waals surface area contributed by atoms with E-state index in [1.807, 2.05) is 60.7 Å². The number of aryl methyl sites for hydroxylation is 2. The maximum Gasteiger partial charge on any atom is 0.244 e. The van der Waals surface area contributed by atoms with E-state index < -0.39 is 16.1 Å². The number of rotatable bonds is 5. The fraction of sp³-hybridized carbons (Fsp3) is 0.167. The Hall–Kier alpha value is -2.44. The van der Waals surface area contributed by atoms with Gasteiger partial charge in [0, 0.05) is 13.2 Å². The minimum Gasteiger partial charge on any atom is -0.274 e. The van der Waals surface area contributed by atoms with Crippen molar-refractivity contribution < 1.29 is 8.42 Å². The maximum absolute atomic E-state index is 12.9. The molecular weight excluding hydrogens is 322 g/mol. The normalized spacial score (nSPS) is 11.8. The van der Waals surface area contributed by atoms with Crippen LogP contribution >= 0.6 is 0 Å². The van der Waals surface area contributed by atoms with Crippen LogP contribution in [-0.4, -0.2) is 18.2 Å². The van der Waals surface area contributed by atoms with Crippen LogP contribution in [0.3, 0.4) is 0 Å². The van der Waals surface area contributed by atoms with Gasteiger partial charge in [-0.2, -0.15) is 9.82 Å².